The van der Waals surface area contributed by atoms with E-state index in [0.29, 0.717) is 17.5 Å². The van der Waals surface area contributed by atoms with Gasteiger partial charge in [0, 0.05) is 12.0 Å². The van der Waals surface area contributed by atoms with Gasteiger partial charge in [-0.1, -0.05) is 0 Å². The largest absolute Gasteiger partial charge is 0.459 e. The van der Waals surface area contributed by atoms with E-state index >= 15 is 0 Å². The topological polar surface area (TPSA) is 64.1 Å². The maximum atomic E-state index is 5.52. The molecule has 0 aliphatic carbocycles. The van der Waals surface area contributed by atoms with Crippen LogP contribution in [-0.4, -0.2) is 22.3 Å². The molecule has 1 N–H and O–H groups in total. The molecule has 0 fully saturated rings. The van der Waals surface area contributed by atoms with Crippen LogP contribution in [0.3, 0.4) is 0 Å². The Labute approximate surface area is 107 Å². The molecular weight excluding hydrogens is 230 g/mol. The summed E-state index contributed by atoms with van der Waals surface area (Å²) in [5, 5.41) is 11.4. The van der Waals surface area contributed by atoms with Crippen LogP contribution in [0.2, 0.25) is 0 Å². The first-order chi connectivity index (χ1) is 8.54. The predicted molar refractivity (Wildman–Crippen MR) is 68.1 cm³/mol. The van der Waals surface area contributed by atoms with E-state index in [1.54, 1.807) is 18.4 Å². The second-order valence-corrected chi connectivity index (χ2v) is 5.26. The smallest absolute Gasteiger partial charge is 0.283 e. The molecule has 0 atom stereocenters. The number of rotatable bonds is 5. The van der Waals surface area contributed by atoms with Crippen LogP contribution in [0.25, 0.3) is 11.7 Å². The van der Waals surface area contributed by atoms with Crippen molar-refractivity contribution in [1.29, 1.82) is 0 Å². The number of hydrogen-bond donors (Lipinski definition) is 1. The molecule has 0 saturated heterocycles. The average molecular weight is 249 g/mol. The van der Waals surface area contributed by atoms with Gasteiger partial charge < -0.3 is 14.2 Å². The van der Waals surface area contributed by atoms with Gasteiger partial charge in [0.1, 0.15) is 0 Å². The van der Waals surface area contributed by atoms with E-state index in [1.165, 1.54) is 0 Å². The van der Waals surface area contributed by atoms with Gasteiger partial charge in [-0.3, -0.25) is 0 Å². The molecule has 5 heteroatoms. The van der Waals surface area contributed by atoms with Gasteiger partial charge in [-0.25, -0.2) is 0 Å². The van der Waals surface area contributed by atoms with Crippen LogP contribution in [-0.2, 0) is 6.42 Å². The lowest BCUT2D eigenvalue weighted by Crippen LogP contribution is -2.36. The third kappa shape index (κ3) is 3.70. The lowest BCUT2D eigenvalue weighted by molar-refractivity contribution is 0.411. The Morgan fingerprint density at radius 2 is 2.11 bits per heavy atom. The Bertz CT molecular complexity index is 469. The molecule has 98 valence electrons. The van der Waals surface area contributed by atoms with Crippen molar-refractivity contribution in [2.75, 3.05) is 6.54 Å². The van der Waals surface area contributed by atoms with Gasteiger partial charge in [0.2, 0.25) is 5.89 Å². The van der Waals surface area contributed by atoms with Crippen LogP contribution < -0.4 is 5.32 Å². The Kier molecular flexibility index (Phi) is 3.81. The Morgan fingerprint density at radius 3 is 2.78 bits per heavy atom. The maximum absolute atomic E-state index is 5.52. The van der Waals surface area contributed by atoms with Crippen molar-refractivity contribution in [3.05, 3.63) is 24.3 Å². The summed E-state index contributed by atoms with van der Waals surface area (Å²) in [5.74, 6) is 1.71. The molecule has 0 aromatic carbocycles. The van der Waals surface area contributed by atoms with E-state index in [1.807, 2.05) is 0 Å². The van der Waals surface area contributed by atoms with Crippen molar-refractivity contribution in [1.82, 2.24) is 15.5 Å². The highest BCUT2D eigenvalue weighted by Crippen LogP contribution is 2.18. The van der Waals surface area contributed by atoms with Crippen LogP contribution >= 0.6 is 0 Å². The fraction of sp³-hybridized carbons (Fsp3) is 0.538. The van der Waals surface area contributed by atoms with E-state index in [0.717, 1.165) is 19.4 Å². The van der Waals surface area contributed by atoms with Gasteiger partial charge in [0.05, 0.1) is 6.26 Å². The average Bonchev–Trinajstić information content (AvgIpc) is 2.93. The van der Waals surface area contributed by atoms with Gasteiger partial charge in [0.15, 0.2) is 5.76 Å². The van der Waals surface area contributed by atoms with Crippen molar-refractivity contribution >= 4 is 0 Å². The quantitative estimate of drug-likeness (QED) is 0.825. The van der Waals surface area contributed by atoms with E-state index in [2.05, 4.69) is 36.3 Å². The van der Waals surface area contributed by atoms with Crippen molar-refractivity contribution in [3.8, 4) is 11.7 Å². The molecule has 2 aromatic rings. The summed E-state index contributed by atoms with van der Waals surface area (Å²) in [7, 11) is 0. The van der Waals surface area contributed by atoms with Crippen LogP contribution in [0, 0.1) is 0 Å². The molecule has 0 aliphatic rings. The van der Waals surface area contributed by atoms with Crippen molar-refractivity contribution in [3.63, 3.8) is 0 Å². The third-order valence-corrected chi connectivity index (χ3v) is 2.42. The number of aryl methyl sites for hydroxylation is 1. The summed E-state index contributed by atoms with van der Waals surface area (Å²) in [5.41, 5.74) is 0.147. The zero-order valence-electron chi connectivity index (χ0n) is 11.1. The van der Waals surface area contributed by atoms with Crippen molar-refractivity contribution in [2.45, 2.75) is 39.2 Å². The Hall–Kier alpha value is -1.62. The highest BCUT2D eigenvalue weighted by atomic mass is 16.4. The third-order valence-electron chi connectivity index (χ3n) is 2.42. The van der Waals surface area contributed by atoms with Gasteiger partial charge in [0.25, 0.3) is 5.89 Å². The lowest BCUT2D eigenvalue weighted by Gasteiger charge is -2.19. The standard InChI is InChI=1S/C13H19N3O2/c1-13(2,3)14-8-4-7-11-15-16-12(18-11)10-6-5-9-17-10/h5-6,9,14H,4,7-8H2,1-3H3. The minimum atomic E-state index is 0.147. The van der Waals surface area contributed by atoms with Crippen LogP contribution in [0.15, 0.2) is 27.2 Å². The molecule has 0 radical (unpaired) electrons. The van der Waals surface area contributed by atoms with E-state index < -0.39 is 0 Å². The number of furan rings is 1. The fourth-order valence-corrected chi connectivity index (χ4v) is 1.56. The van der Waals surface area contributed by atoms with Crippen LogP contribution in [0.1, 0.15) is 33.1 Å². The van der Waals surface area contributed by atoms with Gasteiger partial charge >= 0.3 is 0 Å². The van der Waals surface area contributed by atoms with E-state index in [9.17, 15) is 0 Å². The van der Waals surface area contributed by atoms with Gasteiger partial charge in [-0.15, -0.1) is 10.2 Å². The maximum Gasteiger partial charge on any atom is 0.283 e. The minimum Gasteiger partial charge on any atom is -0.459 e. The normalized spacial score (nSPS) is 11.9. The summed E-state index contributed by atoms with van der Waals surface area (Å²) >= 11 is 0. The number of nitrogens with zero attached hydrogens (tertiary/aromatic N) is 2. The molecule has 0 bridgehead atoms. The number of hydrogen-bond acceptors (Lipinski definition) is 5. The first-order valence-electron chi connectivity index (χ1n) is 6.16. The molecule has 0 aliphatic heterocycles. The zero-order chi connectivity index (χ0) is 13.0. The first kappa shape index (κ1) is 12.8. The molecule has 2 heterocycles. The second kappa shape index (κ2) is 5.35. The summed E-state index contributed by atoms with van der Waals surface area (Å²) in [6.07, 6.45) is 3.33. The summed E-state index contributed by atoms with van der Waals surface area (Å²) in [6, 6.07) is 3.60. The predicted octanol–water partition coefficient (Wildman–Crippen LogP) is 2.65. The van der Waals surface area contributed by atoms with E-state index in [-0.39, 0.29) is 5.54 Å². The van der Waals surface area contributed by atoms with Crippen LogP contribution in [0.5, 0.6) is 0 Å². The summed E-state index contributed by atoms with van der Waals surface area (Å²) in [4.78, 5) is 0. The molecule has 0 amide bonds. The molecule has 5 nitrogen and oxygen atoms in total. The Balaban J connectivity index is 1.81. The second-order valence-electron chi connectivity index (χ2n) is 5.26. The minimum absolute atomic E-state index is 0.147. The van der Waals surface area contributed by atoms with Crippen molar-refractivity contribution in [2.24, 2.45) is 0 Å². The summed E-state index contributed by atoms with van der Waals surface area (Å²) < 4.78 is 10.7. The van der Waals surface area contributed by atoms with Gasteiger partial charge in [-0.2, -0.15) is 0 Å². The molecule has 0 spiro atoms. The summed E-state index contributed by atoms with van der Waals surface area (Å²) in [6.45, 7) is 7.38. The monoisotopic (exact) mass is 249 g/mol. The molecular formula is C13H19N3O2. The molecule has 2 rings (SSSR count). The molecule has 18 heavy (non-hydrogen) atoms. The highest BCUT2D eigenvalue weighted by molar-refractivity contribution is 5.42. The number of nitrogens with one attached hydrogen (secondary N) is 1. The highest BCUT2D eigenvalue weighted by Gasteiger charge is 2.11. The van der Waals surface area contributed by atoms with Gasteiger partial charge in [-0.05, 0) is 45.9 Å². The van der Waals surface area contributed by atoms with Crippen molar-refractivity contribution < 1.29 is 8.83 Å². The fourth-order valence-electron chi connectivity index (χ4n) is 1.56. The van der Waals surface area contributed by atoms with E-state index in [4.69, 9.17) is 8.83 Å². The molecule has 2 aromatic heterocycles. The molecule has 0 unspecified atom stereocenters. The zero-order valence-corrected chi connectivity index (χ0v) is 11.1. The number of aromatic nitrogens is 2. The SMILES string of the molecule is CC(C)(C)NCCCc1nnc(-c2ccco2)o1. The molecule has 0 saturated carbocycles. The first-order valence-corrected chi connectivity index (χ1v) is 6.16. The van der Waals surface area contributed by atoms with Crippen LogP contribution in [0.4, 0.5) is 0 Å². The lowest BCUT2D eigenvalue weighted by atomic mass is 10.1. The Morgan fingerprint density at radius 1 is 1.28 bits per heavy atom.